The van der Waals surface area contributed by atoms with Gasteiger partial charge in [-0.05, 0) is 38.3 Å². The Kier molecular flexibility index (Phi) is 5.36. The van der Waals surface area contributed by atoms with E-state index in [0.717, 1.165) is 18.6 Å². The maximum absolute atomic E-state index is 12.6. The van der Waals surface area contributed by atoms with Crippen LogP contribution in [0.4, 0.5) is 0 Å². The Bertz CT molecular complexity index is 481. The maximum Gasteiger partial charge on any atom is 0.233 e. The summed E-state index contributed by atoms with van der Waals surface area (Å²) in [5.74, 6) is 0.844. The van der Waals surface area contributed by atoms with Crippen LogP contribution in [0.2, 0.25) is 0 Å². The van der Waals surface area contributed by atoms with Crippen LogP contribution in [0.25, 0.3) is 0 Å². The topological polar surface area (TPSA) is 77.5 Å². The summed E-state index contributed by atoms with van der Waals surface area (Å²) in [7, 11) is 0. The minimum atomic E-state index is -0.757. The van der Waals surface area contributed by atoms with Crippen LogP contribution in [0.1, 0.15) is 31.9 Å². The number of nitrogens with two attached hydrogens (primary N) is 1. The summed E-state index contributed by atoms with van der Waals surface area (Å²) < 4.78 is 10.6. The zero-order chi connectivity index (χ0) is 15.3. The van der Waals surface area contributed by atoms with E-state index in [1.54, 1.807) is 6.26 Å². The van der Waals surface area contributed by atoms with E-state index in [1.165, 1.54) is 0 Å². The molecule has 1 aromatic rings. The SMILES string of the molecule is CC(CCc1ccco1)NC(=O)C1(C(N)=S)CCOCC1. The number of hydrogen-bond donors (Lipinski definition) is 2. The number of nitrogens with one attached hydrogen (secondary N) is 1. The normalized spacial score (nSPS) is 18.9. The van der Waals surface area contributed by atoms with Crippen molar-refractivity contribution >= 4 is 23.1 Å². The van der Waals surface area contributed by atoms with Crippen LogP contribution in [0, 0.1) is 5.41 Å². The zero-order valence-electron chi connectivity index (χ0n) is 12.3. The number of rotatable bonds is 6. The average Bonchev–Trinajstić information content (AvgIpc) is 2.99. The van der Waals surface area contributed by atoms with Gasteiger partial charge >= 0.3 is 0 Å². The molecule has 3 N–H and O–H groups in total. The molecule has 2 rings (SSSR count). The van der Waals surface area contributed by atoms with Gasteiger partial charge in [-0.25, -0.2) is 0 Å². The highest BCUT2D eigenvalue weighted by Crippen LogP contribution is 2.31. The van der Waals surface area contributed by atoms with E-state index < -0.39 is 5.41 Å². The molecule has 1 aliphatic heterocycles. The molecule has 0 spiro atoms. The van der Waals surface area contributed by atoms with Crippen LogP contribution in [-0.4, -0.2) is 30.2 Å². The number of hydrogen-bond acceptors (Lipinski definition) is 4. The fraction of sp³-hybridized carbons (Fsp3) is 0.600. The Hall–Kier alpha value is -1.40. The second-order valence-electron chi connectivity index (χ2n) is 5.55. The minimum Gasteiger partial charge on any atom is -0.469 e. The second kappa shape index (κ2) is 7.04. The van der Waals surface area contributed by atoms with Gasteiger partial charge in [0.1, 0.15) is 11.2 Å². The molecule has 0 aliphatic carbocycles. The molecule has 21 heavy (non-hydrogen) atoms. The Balaban J connectivity index is 1.90. The molecular weight excluding hydrogens is 288 g/mol. The molecular formula is C15H22N2O3S. The highest BCUT2D eigenvalue weighted by molar-refractivity contribution is 7.80. The average molecular weight is 310 g/mol. The molecule has 1 atom stereocenters. The Labute approximate surface area is 130 Å². The van der Waals surface area contributed by atoms with Crippen molar-refractivity contribution in [2.45, 2.75) is 38.6 Å². The lowest BCUT2D eigenvalue weighted by Crippen LogP contribution is -2.53. The highest BCUT2D eigenvalue weighted by atomic mass is 32.1. The van der Waals surface area contributed by atoms with E-state index >= 15 is 0 Å². The molecule has 2 heterocycles. The van der Waals surface area contributed by atoms with E-state index in [1.807, 2.05) is 19.1 Å². The van der Waals surface area contributed by atoms with E-state index in [9.17, 15) is 4.79 Å². The molecule has 0 aromatic carbocycles. The first-order valence-corrected chi connectivity index (χ1v) is 7.66. The third-order valence-corrected chi connectivity index (χ3v) is 4.42. The van der Waals surface area contributed by atoms with Gasteiger partial charge in [-0.1, -0.05) is 12.2 Å². The summed E-state index contributed by atoms with van der Waals surface area (Å²) >= 11 is 5.13. The number of carbonyl (C=O) groups is 1. The molecule has 0 saturated carbocycles. The van der Waals surface area contributed by atoms with Gasteiger partial charge in [0, 0.05) is 25.7 Å². The van der Waals surface area contributed by atoms with Crippen molar-refractivity contribution in [2.24, 2.45) is 11.1 Å². The summed E-state index contributed by atoms with van der Waals surface area (Å²) in [6.07, 6.45) is 4.36. The van der Waals surface area contributed by atoms with Crippen LogP contribution < -0.4 is 11.1 Å². The smallest absolute Gasteiger partial charge is 0.233 e. The summed E-state index contributed by atoms with van der Waals surface area (Å²) in [6.45, 7) is 3.02. The lowest BCUT2D eigenvalue weighted by Gasteiger charge is -2.35. The number of carbonyl (C=O) groups excluding carboxylic acids is 1. The molecule has 0 radical (unpaired) electrons. The van der Waals surface area contributed by atoms with Crippen molar-refractivity contribution in [3.8, 4) is 0 Å². The quantitative estimate of drug-likeness (QED) is 0.784. The third-order valence-electron chi connectivity index (χ3n) is 4.03. The molecule has 1 aromatic heterocycles. The lowest BCUT2D eigenvalue weighted by molar-refractivity contribution is -0.132. The number of ether oxygens (including phenoxy) is 1. The van der Waals surface area contributed by atoms with Gasteiger partial charge in [0.2, 0.25) is 5.91 Å². The van der Waals surface area contributed by atoms with Gasteiger partial charge in [-0.15, -0.1) is 0 Å². The molecule has 5 nitrogen and oxygen atoms in total. The minimum absolute atomic E-state index is 0.0386. The van der Waals surface area contributed by atoms with E-state index in [0.29, 0.717) is 26.1 Å². The van der Waals surface area contributed by atoms with Crippen LogP contribution in [0.5, 0.6) is 0 Å². The van der Waals surface area contributed by atoms with Gasteiger partial charge in [0.15, 0.2) is 0 Å². The number of furan rings is 1. The predicted molar refractivity (Wildman–Crippen MR) is 83.9 cm³/mol. The first kappa shape index (κ1) is 16.0. The van der Waals surface area contributed by atoms with Crippen molar-refractivity contribution < 1.29 is 13.9 Å². The van der Waals surface area contributed by atoms with Gasteiger partial charge in [0.05, 0.1) is 11.3 Å². The Morgan fingerprint density at radius 3 is 2.81 bits per heavy atom. The Morgan fingerprint density at radius 2 is 2.24 bits per heavy atom. The van der Waals surface area contributed by atoms with Crippen molar-refractivity contribution in [1.82, 2.24) is 5.32 Å². The van der Waals surface area contributed by atoms with E-state index in [-0.39, 0.29) is 16.9 Å². The standard InChI is InChI=1S/C15H22N2O3S/c1-11(4-5-12-3-2-8-20-12)17-14(18)15(13(16)21)6-9-19-10-7-15/h2-3,8,11H,4-7,9-10H2,1H3,(H2,16,21)(H,17,18). The molecule has 1 fully saturated rings. The predicted octanol–water partition coefficient (Wildman–Crippen LogP) is 1.80. The van der Waals surface area contributed by atoms with Gasteiger partial charge in [0.25, 0.3) is 0 Å². The largest absolute Gasteiger partial charge is 0.469 e. The fourth-order valence-electron chi connectivity index (χ4n) is 2.55. The molecule has 1 unspecified atom stereocenters. The van der Waals surface area contributed by atoms with Gasteiger partial charge in [-0.3, -0.25) is 4.79 Å². The number of thiocarbonyl (C=S) groups is 1. The van der Waals surface area contributed by atoms with E-state index in [2.05, 4.69) is 5.32 Å². The van der Waals surface area contributed by atoms with Gasteiger partial charge < -0.3 is 20.2 Å². The molecule has 116 valence electrons. The summed E-state index contributed by atoms with van der Waals surface area (Å²) in [6, 6.07) is 3.84. The van der Waals surface area contributed by atoms with Crippen LogP contribution >= 0.6 is 12.2 Å². The molecule has 1 aliphatic rings. The molecule has 1 amide bonds. The number of amides is 1. The zero-order valence-corrected chi connectivity index (χ0v) is 13.1. The Morgan fingerprint density at radius 1 is 1.52 bits per heavy atom. The first-order chi connectivity index (χ1) is 10.0. The number of aryl methyl sites for hydroxylation is 1. The maximum atomic E-state index is 12.6. The lowest BCUT2D eigenvalue weighted by atomic mass is 9.79. The first-order valence-electron chi connectivity index (χ1n) is 7.25. The highest BCUT2D eigenvalue weighted by Gasteiger charge is 2.43. The van der Waals surface area contributed by atoms with Crippen LogP contribution in [0.15, 0.2) is 22.8 Å². The molecule has 6 heteroatoms. The van der Waals surface area contributed by atoms with Gasteiger partial charge in [-0.2, -0.15) is 0 Å². The van der Waals surface area contributed by atoms with Crippen molar-refractivity contribution in [3.63, 3.8) is 0 Å². The summed E-state index contributed by atoms with van der Waals surface area (Å²) in [4.78, 5) is 12.8. The molecule has 1 saturated heterocycles. The van der Waals surface area contributed by atoms with Crippen LogP contribution in [-0.2, 0) is 16.0 Å². The second-order valence-corrected chi connectivity index (χ2v) is 5.99. The third kappa shape index (κ3) is 3.83. The summed E-state index contributed by atoms with van der Waals surface area (Å²) in [5.41, 5.74) is 5.07. The van der Waals surface area contributed by atoms with Crippen LogP contribution in [0.3, 0.4) is 0 Å². The van der Waals surface area contributed by atoms with Crippen molar-refractivity contribution in [3.05, 3.63) is 24.2 Å². The van der Waals surface area contributed by atoms with Crippen molar-refractivity contribution in [2.75, 3.05) is 13.2 Å². The van der Waals surface area contributed by atoms with Crippen molar-refractivity contribution in [1.29, 1.82) is 0 Å². The molecule has 0 bridgehead atoms. The van der Waals surface area contributed by atoms with E-state index in [4.69, 9.17) is 27.1 Å². The summed E-state index contributed by atoms with van der Waals surface area (Å²) in [5, 5.41) is 3.03. The monoisotopic (exact) mass is 310 g/mol. The fourth-order valence-corrected chi connectivity index (χ4v) is 2.85.